The molecule has 3 rings (SSSR count). The zero-order valence-electron chi connectivity index (χ0n) is 16.9. The Morgan fingerprint density at radius 3 is 2.71 bits per heavy atom. The molecular weight excluding hydrogens is 356 g/mol. The molecule has 1 fully saturated rings. The number of rotatable bonds is 4. The molecule has 150 valence electrons. The number of hydrogen-bond acceptors (Lipinski definition) is 4. The highest BCUT2D eigenvalue weighted by Gasteiger charge is 2.25. The molecule has 0 aliphatic carbocycles. The van der Waals surface area contributed by atoms with Crippen LogP contribution in [0.15, 0.2) is 41.7 Å². The van der Waals surface area contributed by atoms with E-state index in [-0.39, 0.29) is 12.0 Å². The number of aliphatic imine (C=N–C) groups is 1. The normalized spacial score (nSPS) is 17.5. The summed E-state index contributed by atoms with van der Waals surface area (Å²) in [6.45, 7) is 2.79. The van der Waals surface area contributed by atoms with Gasteiger partial charge in [0.2, 0.25) is 0 Å². The van der Waals surface area contributed by atoms with Gasteiger partial charge in [-0.15, -0.1) is 0 Å². The van der Waals surface area contributed by atoms with Gasteiger partial charge in [-0.3, -0.25) is 14.5 Å². The largest absolute Gasteiger partial charge is 0.370 e. The van der Waals surface area contributed by atoms with Gasteiger partial charge in [-0.05, 0) is 17.7 Å². The first-order valence-electron chi connectivity index (χ1n) is 9.34. The maximum atomic E-state index is 12.0. The Balaban J connectivity index is 1.59. The highest BCUT2D eigenvalue weighted by atomic mass is 16.5. The fraction of sp³-hybridized carbons (Fsp3) is 0.450. The lowest BCUT2D eigenvalue weighted by molar-refractivity contribution is -0.00805. The molecule has 28 heavy (non-hydrogen) atoms. The number of amides is 1. The average Bonchev–Trinajstić information content (AvgIpc) is 3.15. The van der Waals surface area contributed by atoms with Crippen molar-refractivity contribution in [3.8, 4) is 0 Å². The molecule has 2 aromatic rings. The summed E-state index contributed by atoms with van der Waals surface area (Å²) >= 11 is 0. The van der Waals surface area contributed by atoms with Gasteiger partial charge in [0.1, 0.15) is 6.10 Å². The van der Waals surface area contributed by atoms with Crippen LogP contribution in [-0.2, 0) is 18.3 Å². The minimum atomic E-state index is -0.0164. The Morgan fingerprint density at radius 1 is 1.36 bits per heavy atom. The lowest BCUT2D eigenvalue weighted by Crippen LogP contribution is -2.47. The number of aryl methyl sites for hydroxylation is 1. The Kier molecular flexibility index (Phi) is 6.30. The third-order valence-electron chi connectivity index (χ3n) is 4.73. The van der Waals surface area contributed by atoms with Crippen LogP contribution in [0.25, 0.3) is 0 Å². The second kappa shape index (κ2) is 8.88. The highest BCUT2D eigenvalue weighted by Crippen LogP contribution is 2.21. The third-order valence-corrected chi connectivity index (χ3v) is 4.73. The predicted molar refractivity (Wildman–Crippen MR) is 108 cm³/mol. The van der Waals surface area contributed by atoms with E-state index in [1.54, 1.807) is 30.7 Å². The topological polar surface area (TPSA) is 75.0 Å². The molecule has 8 nitrogen and oxygen atoms in total. The fourth-order valence-electron chi connectivity index (χ4n) is 3.19. The smallest absolute Gasteiger partial charge is 0.253 e. The second-order valence-corrected chi connectivity index (χ2v) is 7.05. The van der Waals surface area contributed by atoms with Crippen LogP contribution >= 0.6 is 0 Å². The maximum Gasteiger partial charge on any atom is 0.253 e. The zero-order chi connectivity index (χ0) is 20.1. The van der Waals surface area contributed by atoms with Crippen molar-refractivity contribution in [1.29, 1.82) is 0 Å². The third kappa shape index (κ3) is 4.69. The van der Waals surface area contributed by atoms with E-state index in [1.165, 1.54) is 0 Å². The van der Waals surface area contributed by atoms with Crippen molar-refractivity contribution in [1.82, 2.24) is 24.9 Å². The van der Waals surface area contributed by atoms with Gasteiger partial charge in [-0.2, -0.15) is 5.10 Å². The van der Waals surface area contributed by atoms with E-state index in [2.05, 4.69) is 20.3 Å². The molecule has 1 unspecified atom stereocenters. The van der Waals surface area contributed by atoms with Crippen LogP contribution < -0.4 is 5.32 Å². The number of carbonyl (C=O) groups is 1. The van der Waals surface area contributed by atoms with Gasteiger partial charge in [-0.1, -0.05) is 12.1 Å². The summed E-state index contributed by atoms with van der Waals surface area (Å²) in [4.78, 5) is 20.2. The Bertz CT molecular complexity index is 827. The molecule has 1 aliphatic heterocycles. The van der Waals surface area contributed by atoms with E-state index in [4.69, 9.17) is 4.74 Å². The van der Waals surface area contributed by atoms with Crippen molar-refractivity contribution >= 4 is 11.9 Å². The number of aromatic nitrogens is 2. The number of nitrogens with one attached hydrogen (secondary N) is 1. The van der Waals surface area contributed by atoms with Crippen LogP contribution in [0, 0.1) is 0 Å². The predicted octanol–water partition coefficient (Wildman–Crippen LogP) is 1.27. The van der Waals surface area contributed by atoms with Crippen LogP contribution in [0.4, 0.5) is 0 Å². The number of benzene rings is 1. The monoisotopic (exact) mass is 384 g/mol. The van der Waals surface area contributed by atoms with Crippen LogP contribution in [-0.4, -0.2) is 72.3 Å². The minimum absolute atomic E-state index is 0.00470. The zero-order valence-corrected chi connectivity index (χ0v) is 16.9. The van der Waals surface area contributed by atoms with E-state index in [0.717, 1.165) is 30.2 Å². The lowest BCUT2D eigenvalue weighted by Gasteiger charge is -2.34. The van der Waals surface area contributed by atoms with E-state index in [9.17, 15) is 4.79 Å². The van der Waals surface area contributed by atoms with Crippen LogP contribution in [0.5, 0.6) is 0 Å². The molecule has 1 atom stereocenters. The SMILES string of the molecule is CN=C(NCc1ccc(C(=O)N(C)C)cc1)N1CCOC(c2cnn(C)c2)C1. The van der Waals surface area contributed by atoms with Gasteiger partial charge in [0.05, 0.1) is 19.3 Å². The van der Waals surface area contributed by atoms with Crippen molar-refractivity contribution in [2.24, 2.45) is 12.0 Å². The van der Waals surface area contributed by atoms with Crippen LogP contribution in [0.3, 0.4) is 0 Å². The van der Waals surface area contributed by atoms with Crippen molar-refractivity contribution in [3.05, 3.63) is 53.3 Å². The molecule has 1 amide bonds. The van der Waals surface area contributed by atoms with Crippen molar-refractivity contribution in [2.45, 2.75) is 12.6 Å². The number of ether oxygens (including phenoxy) is 1. The molecule has 1 N–H and O–H groups in total. The number of hydrogen-bond donors (Lipinski definition) is 1. The number of carbonyl (C=O) groups excluding carboxylic acids is 1. The summed E-state index contributed by atoms with van der Waals surface area (Å²) in [5, 5.41) is 7.64. The second-order valence-electron chi connectivity index (χ2n) is 7.05. The average molecular weight is 384 g/mol. The summed E-state index contributed by atoms with van der Waals surface area (Å²) in [6.07, 6.45) is 3.82. The number of morpholine rings is 1. The summed E-state index contributed by atoms with van der Waals surface area (Å²) in [5.74, 6) is 0.843. The summed E-state index contributed by atoms with van der Waals surface area (Å²) < 4.78 is 7.69. The standard InChI is InChI=1S/C20H28N6O2/c1-21-20(22-11-15-5-7-16(8-6-15)19(27)24(2)3)26-9-10-28-18(14-26)17-12-23-25(4)13-17/h5-8,12-13,18H,9-11,14H2,1-4H3,(H,21,22). The highest BCUT2D eigenvalue weighted by molar-refractivity contribution is 5.93. The molecule has 1 aromatic carbocycles. The van der Waals surface area contributed by atoms with Gasteiger partial charge in [0, 0.05) is 58.6 Å². The van der Waals surface area contributed by atoms with E-state index in [0.29, 0.717) is 18.7 Å². The van der Waals surface area contributed by atoms with E-state index in [1.807, 2.05) is 43.7 Å². The van der Waals surface area contributed by atoms with Gasteiger partial charge in [0.15, 0.2) is 5.96 Å². The maximum absolute atomic E-state index is 12.0. The van der Waals surface area contributed by atoms with Crippen molar-refractivity contribution in [2.75, 3.05) is 40.8 Å². The number of guanidine groups is 1. The molecular formula is C20H28N6O2. The van der Waals surface area contributed by atoms with Gasteiger partial charge in [0.25, 0.3) is 5.91 Å². The van der Waals surface area contributed by atoms with Crippen molar-refractivity contribution < 1.29 is 9.53 Å². The Hall–Kier alpha value is -2.87. The fourth-order valence-corrected chi connectivity index (χ4v) is 3.19. The van der Waals surface area contributed by atoms with Crippen LogP contribution in [0.1, 0.15) is 27.6 Å². The Labute approximate surface area is 165 Å². The lowest BCUT2D eigenvalue weighted by atomic mass is 10.1. The van der Waals surface area contributed by atoms with Gasteiger partial charge >= 0.3 is 0 Å². The molecule has 1 saturated heterocycles. The molecule has 0 saturated carbocycles. The molecule has 2 heterocycles. The first-order chi connectivity index (χ1) is 13.5. The Morgan fingerprint density at radius 2 is 2.11 bits per heavy atom. The molecule has 0 radical (unpaired) electrons. The molecule has 1 aromatic heterocycles. The van der Waals surface area contributed by atoms with E-state index < -0.39 is 0 Å². The van der Waals surface area contributed by atoms with E-state index >= 15 is 0 Å². The molecule has 0 spiro atoms. The summed E-state index contributed by atoms with van der Waals surface area (Å²) in [7, 11) is 7.20. The van der Waals surface area contributed by atoms with Gasteiger partial charge in [-0.25, -0.2) is 0 Å². The molecule has 8 heteroatoms. The molecule has 1 aliphatic rings. The number of nitrogens with zero attached hydrogens (tertiary/aromatic N) is 5. The van der Waals surface area contributed by atoms with Gasteiger partial charge < -0.3 is 19.9 Å². The first-order valence-corrected chi connectivity index (χ1v) is 9.34. The van der Waals surface area contributed by atoms with Crippen LogP contribution in [0.2, 0.25) is 0 Å². The molecule has 0 bridgehead atoms. The quantitative estimate of drug-likeness (QED) is 0.635. The summed E-state index contributed by atoms with van der Waals surface area (Å²) in [6, 6.07) is 7.65. The van der Waals surface area contributed by atoms with Crippen molar-refractivity contribution in [3.63, 3.8) is 0 Å². The first kappa shape index (κ1) is 19.9. The summed E-state index contributed by atoms with van der Waals surface area (Å²) in [5.41, 5.74) is 2.85. The minimum Gasteiger partial charge on any atom is -0.370 e.